The molecule has 0 saturated carbocycles. The topological polar surface area (TPSA) is 72.5 Å². The maximum atomic E-state index is 12.0. The van der Waals surface area contributed by atoms with Gasteiger partial charge in [0.15, 0.2) is 5.78 Å². The highest BCUT2D eigenvalue weighted by Crippen LogP contribution is 2.22. The zero-order valence-corrected chi connectivity index (χ0v) is 12.0. The van der Waals surface area contributed by atoms with Crippen LogP contribution in [-0.2, 0) is 0 Å². The van der Waals surface area contributed by atoms with Gasteiger partial charge in [0.05, 0.1) is 0 Å². The van der Waals surface area contributed by atoms with Gasteiger partial charge in [0, 0.05) is 15.7 Å². The molecule has 0 aromatic heterocycles. The molecule has 0 fully saturated rings. The monoisotopic (exact) mass is 330 g/mol. The van der Waals surface area contributed by atoms with Crippen molar-refractivity contribution in [1.29, 1.82) is 0 Å². The largest absolute Gasteiger partial charge is 0.398 e. The molecule has 0 radical (unpaired) electrons. The number of nitrogen functional groups attached to an aromatic ring is 1. The number of anilines is 1. The fraction of sp³-hybridized carbons (Fsp3) is 0. The zero-order chi connectivity index (χ0) is 14.5. The van der Waals surface area contributed by atoms with E-state index in [-0.39, 0.29) is 5.78 Å². The normalized spacial score (nSPS) is 10.7. The number of ketones is 1. The Labute approximate surface area is 124 Å². The molecule has 2 rings (SSSR count). The van der Waals surface area contributed by atoms with Crippen LogP contribution in [0, 0.1) is 4.91 Å². The van der Waals surface area contributed by atoms with Crippen molar-refractivity contribution in [2.45, 2.75) is 0 Å². The maximum Gasteiger partial charge on any atom is 0.187 e. The number of hydrogen-bond donors (Lipinski definition) is 1. The van der Waals surface area contributed by atoms with Gasteiger partial charge < -0.3 is 5.73 Å². The second-order valence-electron chi connectivity index (χ2n) is 4.12. The number of benzene rings is 2. The molecule has 0 heterocycles. The first kappa shape index (κ1) is 14.1. The summed E-state index contributed by atoms with van der Waals surface area (Å²) in [4.78, 5) is 22.6. The molecule has 0 amide bonds. The van der Waals surface area contributed by atoms with Crippen molar-refractivity contribution in [3.05, 3.63) is 69.0 Å². The van der Waals surface area contributed by atoms with Crippen LogP contribution in [0.5, 0.6) is 0 Å². The first-order valence-electron chi connectivity index (χ1n) is 5.81. The molecule has 0 atom stereocenters. The van der Waals surface area contributed by atoms with Crippen LogP contribution < -0.4 is 5.73 Å². The number of nitrogens with zero attached hydrogens (tertiary/aromatic N) is 1. The Morgan fingerprint density at radius 1 is 1.20 bits per heavy atom. The van der Waals surface area contributed by atoms with Crippen LogP contribution in [0.3, 0.4) is 0 Å². The molecule has 2 aromatic carbocycles. The molecule has 0 aliphatic heterocycles. The number of hydrogen-bond acceptors (Lipinski definition) is 4. The zero-order valence-electron chi connectivity index (χ0n) is 10.4. The number of allylic oxidation sites excluding steroid dienone is 1. The third-order valence-electron chi connectivity index (χ3n) is 2.66. The van der Waals surface area contributed by atoms with E-state index < -0.39 is 0 Å². The maximum absolute atomic E-state index is 12.0. The molecular formula is C15H11BrN2O2. The second-order valence-corrected chi connectivity index (χ2v) is 5.03. The van der Waals surface area contributed by atoms with E-state index in [0.717, 1.165) is 4.47 Å². The summed E-state index contributed by atoms with van der Waals surface area (Å²) in [5, 5.41) is 2.87. The van der Waals surface area contributed by atoms with Gasteiger partial charge in [-0.2, -0.15) is 0 Å². The number of halogens is 1. The fourth-order valence-electron chi connectivity index (χ4n) is 1.73. The summed E-state index contributed by atoms with van der Waals surface area (Å²) in [6.45, 7) is 0. The minimum Gasteiger partial charge on any atom is -0.398 e. The Balaban J connectivity index is 2.25. The molecule has 0 spiro atoms. The third-order valence-corrected chi connectivity index (χ3v) is 3.12. The summed E-state index contributed by atoms with van der Waals surface area (Å²) in [5.74, 6) is -0.191. The Morgan fingerprint density at radius 3 is 2.65 bits per heavy atom. The Bertz CT molecular complexity index is 696. The standard InChI is InChI=1S/C15H11BrN2O2/c16-11-7-10(8-12(9-11)18-20)5-6-15(19)13-3-1-2-4-14(13)17/h1-9H,17H2/b6-5+. The van der Waals surface area contributed by atoms with Gasteiger partial charge in [0.2, 0.25) is 0 Å². The van der Waals surface area contributed by atoms with E-state index in [2.05, 4.69) is 21.1 Å². The molecule has 100 valence electrons. The molecule has 0 bridgehead atoms. The van der Waals surface area contributed by atoms with E-state index in [1.54, 1.807) is 48.5 Å². The molecule has 2 N–H and O–H groups in total. The highest BCUT2D eigenvalue weighted by atomic mass is 79.9. The van der Waals surface area contributed by atoms with Crippen molar-refractivity contribution in [1.82, 2.24) is 0 Å². The average Bonchev–Trinajstić information content (AvgIpc) is 2.44. The van der Waals surface area contributed by atoms with Gasteiger partial charge in [0.25, 0.3) is 0 Å². The predicted molar refractivity (Wildman–Crippen MR) is 83.8 cm³/mol. The summed E-state index contributed by atoms with van der Waals surface area (Å²) in [6.07, 6.45) is 3.04. The summed E-state index contributed by atoms with van der Waals surface area (Å²) in [5.41, 5.74) is 7.63. The Morgan fingerprint density at radius 2 is 1.95 bits per heavy atom. The highest BCUT2D eigenvalue weighted by Gasteiger charge is 2.05. The lowest BCUT2D eigenvalue weighted by atomic mass is 10.1. The quantitative estimate of drug-likeness (QED) is 0.392. The first-order valence-corrected chi connectivity index (χ1v) is 6.60. The number of rotatable bonds is 4. The molecule has 0 saturated heterocycles. The lowest BCUT2D eigenvalue weighted by molar-refractivity contribution is 0.104. The van der Waals surface area contributed by atoms with Gasteiger partial charge in [-0.1, -0.05) is 34.1 Å². The van der Waals surface area contributed by atoms with Crippen LogP contribution in [0.4, 0.5) is 11.4 Å². The van der Waals surface area contributed by atoms with Crippen LogP contribution in [0.2, 0.25) is 0 Å². The van der Waals surface area contributed by atoms with Crippen molar-refractivity contribution < 1.29 is 4.79 Å². The smallest absolute Gasteiger partial charge is 0.187 e. The molecule has 0 aliphatic carbocycles. The molecule has 2 aromatic rings. The van der Waals surface area contributed by atoms with Gasteiger partial charge >= 0.3 is 0 Å². The summed E-state index contributed by atoms with van der Waals surface area (Å²) >= 11 is 3.28. The van der Waals surface area contributed by atoms with Crippen LogP contribution in [-0.4, -0.2) is 5.78 Å². The molecule has 20 heavy (non-hydrogen) atoms. The summed E-state index contributed by atoms with van der Waals surface area (Å²) in [7, 11) is 0. The molecule has 4 nitrogen and oxygen atoms in total. The van der Waals surface area contributed by atoms with Crippen molar-refractivity contribution in [3.63, 3.8) is 0 Å². The number of carbonyl (C=O) groups is 1. The van der Waals surface area contributed by atoms with Crippen LogP contribution in [0.1, 0.15) is 15.9 Å². The summed E-state index contributed by atoms with van der Waals surface area (Å²) < 4.78 is 0.723. The average molecular weight is 331 g/mol. The third kappa shape index (κ3) is 3.39. The van der Waals surface area contributed by atoms with Gasteiger partial charge in [-0.15, -0.1) is 4.91 Å². The Hall–Kier alpha value is -2.27. The SMILES string of the molecule is Nc1ccccc1C(=O)/C=C/c1cc(Br)cc(N=O)c1. The predicted octanol–water partition coefficient (Wildman–Crippen LogP) is 4.33. The number of nitroso groups, excluding NO2 is 1. The lowest BCUT2D eigenvalue weighted by Gasteiger charge is -2.00. The van der Waals surface area contributed by atoms with Crippen LogP contribution in [0.15, 0.2) is 58.2 Å². The minimum atomic E-state index is -0.191. The van der Waals surface area contributed by atoms with Gasteiger partial charge in [-0.05, 0) is 47.1 Å². The van der Waals surface area contributed by atoms with Crippen molar-refractivity contribution in [2.24, 2.45) is 5.18 Å². The lowest BCUT2D eigenvalue weighted by Crippen LogP contribution is -1.99. The fourth-order valence-corrected chi connectivity index (χ4v) is 2.23. The van der Waals surface area contributed by atoms with E-state index in [9.17, 15) is 9.70 Å². The van der Waals surface area contributed by atoms with Crippen molar-refractivity contribution in [3.8, 4) is 0 Å². The van der Waals surface area contributed by atoms with E-state index in [0.29, 0.717) is 22.5 Å². The molecular weight excluding hydrogens is 320 g/mol. The van der Waals surface area contributed by atoms with Crippen LogP contribution >= 0.6 is 15.9 Å². The number of nitrogens with two attached hydrogens (primary N) is 1. The van der Waals surface area contributed by atoms with Gasteiger partial charge in [-0.25, -0.2) is 0 Å². The number of para-hydroxylation sites is 1. The second kappa shape index (κ2) is 6.25. The van der Waals surface area contributed by atoms with Gasteiger partial charge in [0.1, 0.15) is 5.69 Å². The summed E-state index contributed by atoms with van der Waals surface area (Å²) in [6, 6.07) is 11.8. The molecule has 0 unspecified atom stereocenters. The van der Waals surface area contributed by atoms with Crippen molar-refractivity contribution in [2.75, 3.05) is 5.73 Å². The van der Waals surface area contributed by atoms with E-state index in [1.165, 1.54) is 6.08 Å². The minimum absolute atomic E-state index is 0.191. The van der Waals surface area contributed by atoms with Crippen molar-refractivity contribution >= 4 is 39.2 Å². The first-order chi connectivity index (χ1) is 9.60. The highest BCUT2D eigenvalue weighted by molar-refractivity contribution is 9.10. The molecule has 0 aliphatic rings. The molecule has 5 heteroatoms. The van der Waals surface area contributed by atoms with E-state index >= 15 is 0 Å². The van der Waals surface area contributed by atoms with E-state index in [4.69, 9.17) is 5.73 Å². The van der Waals surface area contributed by atoms with E-state index in [1.807, 2.05) is 0 Å². The van der Waals surface area contributed by atoms with Gasteiger partial charge in [-0.3, -0.25) is 4.79 Å². The number of carbonyl (C=O) groups excluding carboxylic acids is 1. The Kier molecular flexibility index (Phi) is 4.42. The van der Waals surface area contributed by atoms with Crippen LogP contribution in [0.25, 0.3) is 6.08 Å².